The molecule has 1 aliphatic carbocycles. The maximum absolute atomic E-state index is 3.50. The highest BCUT2D eigenvalue weighted by molar-refractivity contribution is 4.83. The SMILES string of the molecule is CCC(CC)C1CCCCC1NC. The Labute approximate surface area is 83.3 Å². The summed E-state index contributed by atoms with van der Waals surface area (Å²) in [6, 6.07) is 0.804. The van der Waals surface area contributed by atoms with Crippen LogP contribution >= 0.6 is 0 Å². The summed E-state index contributed by atoms with van der Waals surface area (Å²) in [5.74, 6) is 1.91. The molecular weight excluding hydrogens is 158 g/mol. The zero-order chi connectivity index (χ0) is 9.68. The van der Waals surface area contributed by atoms with Crippen molar-refractivity contribution in [3.05, 3.63) is 0 Å². The fraction of sp³-hybridized carbons (Fsp3) is 1.00. The second-order valence-corrected chi connectivity index (χ2v) is 4.42. The van der Waals surface area contributed by atoms with Crippen LogP contribution in [0.1, 0.15) is 52.4 Å². The molecule has 1 heteroatoms. The van der Waals surface area contributed by atoms with Crippen LogP contribution in [0.4, 0.5) is 0 Å². The molecule has 0 aromatic carbocycles. The molecule has 0 heterocycles. The Kier molecular flexibility index (Phi) is 4.79. The van der Waals surface area contributed by atoms with E-state index in [1.54, 1.807) is 0 Å². The molecule has 13 heavy (non-hydrogen) atoms. The number of hydrogen-bond donors (Lipinski definition) is 1. The molecule has 0 aromatic heterocycles. The first kappa shape index (κ1) is 11.0. The average Bonchev–Trinajstić information content (AvgIpc) is 2.20. The van der Waals surface area contributed by atoms with E-state index in [-0.39, 0.29) is 0 Å². The molecule has 0 radical (unpaired) electrons. The van der Waals surface area contributed by atoms with Crippen LogP contribution in [0, 0.1) is 11.8 Å². The zero-order valence-corrected chi connectivity index (χ0v) is 9.47. The molecule has 0 aliphatic heterocycles. The molecule has 0 bridgehead atoms. The Morgan fingerprint density at radius 3 is 2.31 bits per heavy atom. The molecule has 0 saturated heterocycles. The van der Waals surface area contributed by atoms with Crippen LogP contribution in [0.2, 0.25) is 0 Å². The van der Waals surface area contributed by atoms with E-state index in [1.807, 2.05) is 0 Å². The van der Waals surface area contributed by atoms with Gasteiger partial charge in [-0.2, -0.15) is 0 Å². The first-order valence-electron chi connectivity index (χ1n) is 6.00. The van der Waals surface area contributed by atoms with Crippen molar-refractivity contribution in [3.63, 3.8) is 0 Å². The number of rotatable bonds is 4. The van der Waals surface area contributed by atoms with E-state index in [2.05, 4.69) is 26.2 Å². The van der Waals surface area contributed by atoms with Gasteiger partial charge in [-0.05, 0) is 31.7 Å². The third-order valence-corrected chi connectivity index (χ3v) is 3.84. The summed E-state index contributed by atoms with van der Waals surface area (Å²) in [4.78, 5) is 0. The van der Waals surface area contributed by atoms with Crippen molar-refractivity contribution in [2.75, 3.05) is 7.05 Å². The summed E-state index contributed by atoms with van der Waals surface area (Å²) < 4.78 is 0. The summed E-state index contributed by atoms with van der Waals surface area (Å²) in [7, 11) is 2.13. The standard InChI is InChI=1S/C12H25N/c1-4-10(5-2)11-8-6-7-9-12(11)13-3/h10-13H,4-9H2,1-3H3. The lowest BCUT2D eigenvalue weighted by molar-refractivity contribution is 0.183. The van der Waals surface area contributed by atoms with Gasteiger partial charge in [0.2, 0.25) is 0 Å². The first-order chi connectivity index (χ1) is 6.33. The molecule has 78 valence electrons. The lowest BCUT2D eigenvalue weighted by Crippen LogP contribution is -2.39. The molecule has 1 rings (SSSR count). The Bertz CT molecular complexity index is 122. The average molecular weight is 183 g/mol. The minimum atomic E-state index is 0.804. The Hall–Kier alpha value is -0.0400. The van der Waals surface area contributed by atoms with Gasteiger partial charge in [-0.3, -0.25) is 0 Å². The number of nitrogens with one attached hydrogen (secondary N) is 1. The molecule has 1 fully saturated rings. The van der Waals surface area contributed by atoms with Gasteiger partial charge in [0, 0.05) is 6.04 Å². The van der Waals surface area contributed by atoms with Crippen molar-refractivity contribution in [1.29, 1.82) is 0 Å². The summed E-state index contributed by atoms with van der Waals surface area (Å²) in [5, 5.41) is 3.50. The largest absolute Gasteiger partial charge is 0.317 e. The number of hydrogen-bond acceptors (Lipinski definition) is 1. The van der Waals surface area contributed by atoms with Crippen LogP contribution in [0.25, 0.3) is 0 Å². The lowest BCUT2D eigenvalue weighted by Gasteiger charge is -2.36. The molecule has 0 spiro atoms. The highest BCUT2D eigenvalue weighted by atomic mass is 14.9. The molecule has 2 unspecified atom stereocenters. The lowest BCUT2D eigenvalue weighted by atomic mass is 9.74. The summed E-state index contributed by atoms with van der Waals surface area (Å²) in [5.41, 5.74) is 0. The van der Waals surface area contributed by atoms with Crippen molar-refractivity contribution in [1.82, 2.24) is 5.32 Å². The van der Waals surface area contributed by atoms with E-state index in [1.165, 1.54) is 38.5 Å². The third-order valence-electron chi connectivity index (χ3n) is 3.84. The normalized spacial score (nSPS) is 29.5. The minimum absolute atomic E-state index is 0.804. The van der Waals surface area contributed by atoms with Crippen molar-refractivity contribution < 1.29 is 0 Å². The fourth-order valence-electron chi connectivity index (χ4n) is 2.98. The van der Waals surface area contributed by atoms with Gasteiger partial charge in [0.05, 0.1) is 0 Å². The van der Waals surface area contributed by atoms with Gasteiger partial charge in [-0.15, -0.1) is 0 Å². The van der Waals surface area contributed by atoms with Gasteiger partial charge in [0.25, 0.3) is 0 Å². The predicted molar refractivity (Wildman–Crippen MR) is 58.9 cm³/mol. The molecular formula is C12H25N. The quantitative estimate of drug-likeness (QED) is 0.706. The van der Waals surface area contributed by atoms with Crippen LogP contribution < -0.4 is 5.32 Å². The summed E-state index contributed by atoms with van der Waals surface area (Å²) in [6.45, 7) is 4.69. The smallest absolute Gasteiger partial charge is 0.00949 e. The molecule has 0 amide bonds. The van der Waals surface area contributed by atoms with Crippen molar-refractivity contribution >= 4 is 0 Å². The molecule has 2 atom stereocenters. The third kappa shape index (κ3) is 2.70. The second kappa shape index (κ2) is 5.64. The van der Waals surface area contributed by atoms with Crippen LogP contribution in [0.3, 0.4) is 0 Å². The molecule has 1 nitrogen and oxygen atoms in total. The minimum Gasteiger partial charge on any atom is -0.317 e. The fourth-order valence-corrected chi connectivity index (χ4v) is 2.98. The molecule has 1 aliphatic rings. The van der Waals surface area contributed by atoms with E-state index in [9.17, 15) is 0 Å². The maximum Gasteiger partial charge on any atom is 0.00949 e. The van der Waals surface area contributed by atoms with E-state index < -0.39 is 0 Å². The van der Waals surface area contributed by atoms with Gasteiger partial charge in [0.15, 0.2) is 0 Å². The van der Waals surface area contributed by atoms with Gasteiger partial charge >= 0.3 is 0 Å². The van der Waals surface area contributed by atoms with E-state index >= 15 is 0 Å². The Morgan fingerprint density at radius 2 is 1.77 bits per heavy atom. The van der Waals surface area contributed by atoms with Gasteiger partial charge < -0.3 is 5.32 Å². The second-order valence-electron chi connectivity index (χ2n) is 4.42. The zero-order valence-electron chi connectivity index (χ0n) is 9.47. The Morgan fingerprint density at radius 1 is 1.15 bits per heavy atom. The summed E-state index contributed by atoms with van der Waals surface area (Å²) in [6.07, 6.45) is 8.47. The van der Waals surface area contributed by atoms with Gasteiger partial charge in [-0.1, -0.05) is 39.5 Å². The van der Waals surface area contributed by atoms with E-state index in [4.69, 9.17) is 0 Å². The van der Waals surface area contributed by atoms with E-state index in [0.29, 0.717) is 0 Å². The summed E-state index contributed by atoms with van der Waals surface area (Å²) >= 11 is 0. The molecule has 1 saturated carbocycles. The van der Waals surface area contributed by atoms with Crippen molar-refractivity contribution in [2.45, 2.75) is 58.4 Å². The van der Waals surface area contributed by atoms with Crippen molar-refractivity contribution in [2.24, 2.45) is 11.8 Å². The highest BCUT2D eigenvalue weighted by Gasteiger charge is 2.28. The molecule has 0 aromatic rings. The van der Waals surface area contributed by atoms with Crippen LogP contribution in [-0.2, 0) is 0 Å². The first-order valence-corrected chi connectivity index (χ1v) is 6.00. The maximum atomic E-state index is 3.50. The Balaban J connectivity index is 2.51. The molecule has 1 N–H and O–H groups in total. The highest BCUT2D eigenvalue weighted by Crippen LogP contribution is 2.33. The van der Waals surface area contributed by atoms with Crippen LogP contribution in [-0.4, -0.2) is 13.1 Å². The van der Waals surface area contributed by atoms with E-state index in [0.717, 1.165) is 17.9 Å². The monoisotopic (exact) mass is 183 g/mol. The van der Waals surface area contributed by atoms with Crippen LogP contribution in [0.5, 0.6) is 0 Å². The van der Waals surface area contributed by atoms with Gasteiger partial charge in [-0.25, -0.2) is 0 Å². The predicted octanol–water partition coefficient (Wildman–Crippen LogP) is 3.20. The topological polar surface area (TPSA) is 12.0 Å². The van der Waals surface area contributed by atoms with Crippen LogP contribution in [0.15, 0.2) is 0 Å². The van der Waals surface area contributed by atoms with Crippen molar-refractivity contribution in [3.8, 4) is 0 Å². The van der Waals surface area contributed by atoms with Gasteiger partial charge in [0.1, 0.15) is 0 Å².